The third kappa shape index (κ3) is 6.03. The Morgan fingerprint density at radius 3 is 2.19 bits per heavy atom. The Morgan fingerprint density at radius 1 is 0.946 bits per heavy atom. The van der Waals surface area contributed by atoms with Gasteiger partial charge in [0.1, 0.15) is 17.3 Å². The minimum atomic E-state index is -0.998. The average molecular weight is 512 g/mol. The molecule has 0 radical (unpaired) electrons. The number of ether oxygens (including phenoxy) is 4. The number of carbonyl (C=O) groups is 2. The van der Waals surface area contributed by atoms with Crippen molar-refractivity contribution in [2.75, 3.05) is 35.0 Å². The molecule has 196 valence electrons. The van der Waals surface area contributed by atoms with Gasteiger partial charge < -0.3 is 33.8 Å². The van der Waals surface area contributed by atoms with Gasteiger partial charge in [-0.2, -0.15) is 0 Å². The van der Waals surface area contributed by atoms with Crippen molar-refractivity contribution in [2.24, 2.45) is 0 Å². The summed E-state index contributed by atoms with van der Waals surface area (Å²) in [6, 6.07) is 11.0. The van der Waals surface area contributed by atoms with Crippen molar-refractivity contribution in [3.05, 3.63) is 75.3 Å². The van der Waals surface area contributed by atoms with Crippen molar-refractivity contribution < 1.29 is 38.1 Å². The van der Waals surface area contributed by atoms with E-state index in [0.717, 1.165) is 0 Å². The molecule has 1 amide bonds. The van der Waals surface area contributed by atoms with Gasteiger partial charge in [0, 0.05) is 29.5 Å². The third-order valence-electron chi connectivity index (χ3n) is 5.80. The normalized spacial score (nSPS) is 11.4. The zero-order valence-corrected chi connectivity index (χ0v) is 21.2. The summed E-state index contributed by atoms with van der Waals surface area (Å²) in [5.74, 6) is -0.538. The van der Waals surface area contributed by atoms with Crippen LogP contribution in [0.3, 0.4) is 0 Å². The summed E-state index contributed by atoms with van der Waals surface area (Å²) >= 11 is 0. The monoisotopic (exact) mass is 511 g/mol. The second kappa shape index (κ2) is 12.0. The number of rotatable bonds is 11. The van der Waals surface area contributed by atoms with E-state index in [1.54, 1.807) is 36.4 Å². The van der Waals surface area contributed by atoms with Crippen LogP contribution in [0.25, 0.3) is 0 Å². The molecule has 3 rings (SSSR count). The first-order chi connectivity index (χ1) is 17.7. The van der Waals surface area contributed by atoms with Crippen LogP contribution in [0.15, 0.2) is 51.7 Å². The van der Waals surface area contributed by atoms with Crippen LogP contribution in [0.5, 0.6) is 28.7 Å². The summed E-state index contributed by atoms with van der Waals surface area (Å²) in [4.78, 5) is 38.4. The number of aromatic hydroxyl groups is 1. The molecule has 0 fully saturated rings. The Morgan fingerprint density at radius 2 is 1.62 bits per heavy atom. The largest absolute Gasteiger partial charge is 0.507 e. The highest BCUT2D eigenvalue weighted by Gasteiger charge is 2.30. The van der Waals surface area contributed by atoms with Gasteiger partial charge in [0.05, 0.1) is 40.5 Å². The van der Waals surface area contributed by atoms with Crippen molar-refractivity contribution in [3.8, 4) is 28.7 Å². The predicted octanol–water partition coefficient (Wildman–Crippen LogP) is 3.21. The lowest BCUT2D eigenvalue weighted by Crippen LogP contribution is -2.31. The highest BCUT2D eigenvalue weighted by molar-refractivity contribution is 5.99. The highest BCUT2D eigenvalue weighted by atomic mass is 16.5. The summed E-state index contributed by atoms with van der Waals surface area (Å²) in [6.45, 7) is 1.25. The van der Waals surface area contributed by atoms with E-state index in [2.05, 4.69) is 5.32 Å². The fourth-order valence-electron chi connectivity index (χ4n) is 4.01. The Labute approximate surface area is 213 Å². The van der Waals surface area contributed by atoms with Gasteiger partial charge in [-0.05, 0) is 37.3 Å². The van der Waals surface area contributed by atoms with Crippen molar-refractivity contribution in [1.29, 1.82) is 0 Å². The maximum Gasteiger partial charge on any atom is 0.343 e. The minimum Gasteiger partial charge on any atom is -0.507 e. The zero-order chi connectivity index (χ0) is 27.1. The van der Waals surface area contributed by atoms with Crippen LogP contribution in [0.2, 0.25) is 0 Å². The molecule has 1 heterocycles. The predicted molar refractivity (Wildman–Crippen MR) is 134 cm³/mol. The number of aryl methyl sites for hydroxylation is 1. The van der Waals surface area contributed by atoms with Gasteiger partial charge in [0.2, 0.25) is 11.7 Å². The van der Waals surface area contributed by atoms with Gasteiger partial charge in [-0.15, -0.1) is 0 Å². The first-order valence-electron chi connectivity index (χ1n) is 11.3. The quantitative estimate of drug-likeness (QED) is 0.372. The molecule has 2 N–H and O–H groups in total. The number of ketones is 1. The topological polar surface area (TPSA) is 134 Å². The third-order valence-corrected chi connectivity index (χ3v) is 5.80. The van der Waals surface area contributed by atoms with Gasteiger partial charge in [0.15, 0.2) is 17.3 Å². The van der Waals surface area contributed by atoms with E-state index in [1.807, 2.05) is 0 Å². The summed E-state index contributed by atoms with van der Waals surface area (Å²) in [7, 11) is 5.81. The Bertz CT molecular complexity index is 1330. The van der Waals surface area contributed by atoms with Crippen LogP contribution >= 0.6 is 0 Å². The van der Waals surface area contributed by atoms with Crippen LogP contribution in [-0.4, -0.2) is 51.8 Å². The van der Waals surface area contributed by atoms with Gasteiger partial charge in [-0.25, -0.2) is 4.79 Å². The van der Waals surface area contributed by atoms with Crippen LogP contribution in [-0.2, 0) is 4.79 Å². The second-order valence-electron chi connectivity index (χ2n) is 8.05. The SMILES string of the molecule is COc1ccc(C(=O)CNC(=O)C[C@H](c2ccc(OC)c(OC)c2OC)c2c(O)cc(C)oc2=O)cc1. The molecule has 0 spiro atoms. The van der Waals surface area contributed by atoms with Crippen LogP contribution in [0, 0.1) is 6.92 Å². The zero-order valence-electron chi connectivity index (χ0n) is 21.2. The van der Waals surface area contributed by atoms with Gasteiger partial charge in [-0.1, -0.05) is 6.07 Å². The highest BCUT2D eigenvalue weighted by Crippen LogP contribution is 2.45. The van der Waals surface area contributed by atoms with Crippen LogP contribution in [0.4, 0.5) is 0 Å². The van der Waals surface area contributed by atoms with E-state index in [9.17, 15) is 19.5 Å². The summed E-state index contributed by atoms with van der Waals surface area (Å²) in [5.41, 5.74) is -0.159. The van der Waals surface area contributed by atoms with Crippen molar-refractivity contribution in [2.45, 2.75) is 19.3 Å². The molecule has 0 aliphatic heterocycles. The number of benzene rings is 2. The smallest absolute Gasteiger partial charge is 0.343 e. The van der Waals surface area contributed by atoms with Crippen molar-refractivity contribution in [1.82, 2.24) is 5.32 Å². The second-order valence-corrected chi connectivity index (χ2v) is 8.05. The Kier molecular flexibility index (Phi) is 8.78. The molecule has 0 aliphatic carbocycles. The number of hydrogen-bond donors (Lipinski definition) is 2. The lowest BCUT2D eigenvalue weighted by atomic mass is 9.87. The molecule has 3 aromatic rings. The molecule has 1 atom stereocenters. The Hall–Kier alpha value is -4.47. The van der Waals surface area contributed by atoms with Gasteiger partial charge in [0.25, 0.3) is 0 Å². The van der Waals surface area contributed by atoms with Crippen molar-refractivity contribution in [3.63, 3.8) is 0 Å². The molecule has 10 heteroatoms. The average Bonchev–Trinajstić information content (AvgIpc) is 2.89. The maximum absolute atomic E-state index is 13.0. The van der Waals surface area contributed by atoms with E-state index in [0.29, 0.717) is 22.6 Å². The Balaban J connectivity index is 1.95. The molecular formula is C27H29NO9. The maximum atomic E-state index is 13.0. The molecular weight excluding hydrogens is 482 g/mol. The van der Waals surface area contributed by atoms with E-state index in [1.165, 1.54) is 41.4 Å². The van der Waals surface area contributed by atoms with Crippen molar-refractivity contribution >= 4 is 11.7 Å². The molecule has 0 saturated carbocycles. The molecule has 37 heavy (non-hydrogen) atoms. The molecule has 2 aromatic carbocycles. The fraction of sp³-hybridized carbons (Fsp3) is 0.296. The molecule has 1 aromatic heterocycles. The van der Waals surface area contributed by atoms with E-state index in [-0.39, 0.29) is 47.3 Å². The number of hydrogen-bond acceptors (Lipinski definition) is 9. The number of carbonyl (C=O) groups excluding carboxylic acids is 2. The van der Waals surface area contributed by atoms with Gasteiger partial charge in [-0.3, -0.25) is 9.59 Å². The lowest BCUT2D eigenvalue weighted by molar-refractivity contribution is -0.121. The lowest BCUT2D eigenvalue weighted by Gasteiger charge is -2.22. The fourth-order valence-corrected chi connectivity index (χ4v) is 4.01. The molecule has 0 bridgehead atoms. The summed E-state index contributed by atoms with van der Waals surface area (Å²) < 4.78 is 26.6. The van der Waals surface area contributed by atoms with Gasteiger partial charge >= 0.3 is 5.63 Å². The van der Waals surface area contributed by atoms with Crippen LogP contribution in [0.1, 0.15) is 39.6 Å². The first-order valence-corrected chi connectivity index (χ1v) is 11.3. The molecule has 10 nitrogen and oxygen atoms in total. The van der Waals surface area contributed by atoms with E-state index in [4.69, 9.17) is 23.4 Å². The first kappa shape index (κ1) is 27.1. The number of methoxy groups -OCH3 is 4. The van der Waals surface area contributed by atoms with E-state index < -0.39 is 17.5 Å². The summed E-state index contributed by atoms with van der Waals surface area (Å²) in [5, 5.41) is 13.3. The summed E-state index contributed by atoms with van der Waals surface area (Å²) in [6.07, 6.45) is -0.302. The minimum absolute atomic E-state index is 0.132. The number of Topliss-reactive ketones (excluding diaryl/α,β-unsaturated/α-hetero) is 1. The van der Waals surface area contributed by atoms with Crippen LogP contribution < -0.4 is 29.9 Å². The number of nitrogens with one attached hydrogen (secondary N) is 1. The molecule has 0 saturated heterocycles. The standard InChI is InChI=1S/C27H29NO9/c1-15-12-20(29)24(27(32)37-15)19(18-10-11-22(34-3)26(36-5)25(18)35-4)13-23(31)28-14-21(30)16-6-8-17(33-2)9-7-16/h6-12,19,29H,13-14H2,1-5H3,(H,28,31)/t19-/m1/s1. The van der Waals surface area contributed by atoms with E-state index >= 15 is 0 Å². The molecule has 0 aliphatic rings. The molecule has 0 unspecified atom stereocenters. The number of amides is 1.